The van der Waals surface area contributed by atoms with E-state index in [4.69, 9.17) is 18.3 Å². The van der Waals surface area contributed by atoms with Crippen molar-refractivity contribution in [3.8, 4) is 0 Å². The molecule has 1 N–H and O–H groups in total. The largest absolute Gasteiger partial charge is 0.472 e. The molecule has 1 aromatic heterocycles. The predicted octanol–water partition coefficient (Wildman–Crippen LogP) is 6.69. The van der Waals surface area contributed by atoms with E-state index in [2.05, 4.69) is 53.8 Å². The van der Waals surface area contributed by atoms with E-state index in [0.717, 1.165) is 44.1 Å². The zero-order valence-corrected chi connectivity index (χ0v) is 22.9. The SMILES string of the molecule is CC(C)(C)[Si](C)(C)O[C@H](C[C@@]1(C)C(CO)CC[C@]2(C)[C@@H]1CCCC21OCCO1)c1ccoc1. The fraction of sp³-hybridized carbons (Fsp3) is 0.852. The molecule has 5 nitrogen and oxygen atoms in total. The van der Waals surface area contributed by atoms with Gasteiger partial charge in [0.05, 0.1) is 31.8 Å². The number of hydrogen-bond donors (Lipinski definition) is 1. The quantitative estimate of drug-likeness (QED) is 0.462. The van der Waals surface area contributed by atoms with Crippen molar-refractivity contribution in [2.45, 2.75) is 103 Å². The van der Waals surface area contributed by atoms with Crippen LogP contribution in [-0.2, 0) is 13.9 Å². The first kappa shape index (κ1) is 25.4. The summed E-state index contributed by atoms with van der Waals surface area (Å²) in [5.41, 5.74) is 0.971. The highest BCUT2D eigenvalue weighted by Crippen LogP contribution is 2.66. The number of aliphatic hydroxyl groups excluding tert-OH is 1. The maximum Gasteiger partial charge on any atom is 0.192 e. The van der Waals surface area contributed by atoms with E-state index >= 15 is 0 Å². The van der Waals surface area contributed by atoms with Crippen LogP contribution in [0.25, 0.3) is 0 Å². The van der Waals surface area contributed by atoms with Crippen molar-refractivity contribution < 1.29 is 23.4 Å². The van der Waals surface area contributed by atoms with Gasteiger partial charge >= 0.3 is 0 Å². The molecule has 1 unspecified atom stereocenters. The number of fused-ring (bicyclic) bond motifs is 2. The lowest BCUT2D eigenvalue weighted by atomic mass is 9.45. The molecule has 2 aliphatic carbocycles. The van der Waals surface area contributed by atoms with Crippen LogP contribution in [0.4, 0.5) is 0 Å². The van der Waals surface area contributed by atoms with Crippen molar-refractivity contribution in [2.75, 3.05) is 19.8 Å². The van der Waals surface area contributed by atoms with E-state index in [1.807, 2.05) is 6.26 Å². The molecule has 6 heteroatoms. The molecular formula is C27H46O5Si. The molecule has 3 aliphatic rings. The summed E-state index contributed by atoms with van der Waals surface area (Å²) in [4.78, 5) is 0. The standard InChI is InChI=1S/C27H46O5Si/c1-24(2,3)33(6,7)32-22(20-11-14-29-19-20)17-25(4)21(18-28)10-13-26(5)23(25)9-8-12-27(26)30-15-16-31-27/h11,14,19,21-23,28H,8-10,12-13,15-18H2,1-7H3/t21?,22-,23-,25+,26-/m1/s1. The Hall–Kier alpha value is -0.663. The molecule has 188 valence electrons. The molecule has 1 spiro atoms. The number of ether oxygens (including phenoxy) is 2. The Morgan fingerprint density at radius 1 is 1.15 bits per heavy atom. The van der Waals surface area contributed by atoms with Crippen LogP contribution in [0.2, 0.25) is 18.1 Å². The first-order valence-corrected chi connectivity index (χ1v) is 15.9. The lowest BCUT2D eigenvalue weighted by Gasteiger charge is -2.63. The van der Waals surface area contributed by atoms with Crippen molar-refractivity contribution in [3.05, 3.63) is 24.2 Å². The minimum atomic E-state index is -2.02. The number of furan rings is 1. The smallest absolute Gasteiger partial charge is 0.192 e. The van der Waals surface area contributed by atoms with Gasteiger partial charge in [-0.2, -0.15) is 0 Å². The van der Waals surface area contributed by atoms with Gasteiger partial charge in [0.15, 0.2) is 14.1 Å². The molecule has 2 heterocycles. The maximum atomic E-state index is 10.5. The normalized spacial score (nSPS) is 35.5. The predicted molar refractivity (Wildman–Crippen MR) is 132 cm³/mol. The van der Waals surface area contributed by atoms with Gasteiger partial charge < -0.3 is 23.4 Å². The Bertz CT molecular complexity index is 794. The third-order valence-electron chi connectivity index (χ3n) is 10.1. The molecule has 2 saturated carbocycles. The average Bonchev–Trinajstić information content (AvgIpc) is 3.42. The molecule has 0 aromatic carbocycles. The Kier molecular flexibility index (Phi) is 6.76. The first-order chi connectivity index (χ1) is 15.4. The van der Waals surface area contributed by atoms with E-state index in [0.29, 0.717) is 19.1 Å². The summed E-state index contributed by atoms with van der Waals surface area (Å²) in [6, 6.07) is 2.06. The molecule has 33 heavy (non-hydrogen) atoms. The van der Waals surface area contributed by atoms with Gasteiger partial charge in [-0.3, -0.25) is 0 Å². The van der Waals surface area contributed by atoms with Gasteiger partial charge in [0.1, 0.15) is 0 Å². The second-order valence-corrected chi connectivity index (χ2v) is 17.6. The molecule has 0 radical (unpaired) electrons. The molecule has 3 fully saturated rings. The van der Waals surface area contributed by atoms with Crippen molar-refractivity contribution in [3.63, 3.8) is 0 Å². The lowest BCUT2D eigenvalue weighted by molar-refractivity contribution is -0.301. The molecule has 4 rings (SSSR count). The van der Waals surface area contributed by atoms with Gasteiger partial charge in [-0.05, 0) is 73.6 Å². The number of rotatable bonds is 6. The molecule has 5 atom stereocenters. The van der Waals surface area contributed by atoms with E-state index in [9.17, 15) is 5.11 Å². The summed E-state index contributed by atoms with van der Waals surface area (Å²) in [6.45, 7) is 17.9. The minimum absolute atomic E-state index is 0.0469. The second kappa shape index (κ2) is 8.77. The van der Waals surface area contributed by atoms with E-state index in [1.165, 1.54) is 0 Å². The summed E-state index contributed by atoms with van der Waals surface area (Å²) in [5, 5.41) is 10.7. The van der Waals surface area contributed by atoms with E-state index < -0.39 is 14.1 Å². The lowest BCUT2D eigenvalue weighted by Crippen LogP contribution is -2.62. The Balaban J connectivity index is 1.71. The summed E-state index contributed by atoms with van der Waals surface area (Å²) < 4.78 is 25.4. The van der Waals surface area contributed by atoms with Crippen molar-refractivity contribution in [1.29, 1.82) is 0 Å². The van der Waals surface area contributed by atoms with Crippen LogP contribution in [0.3, 0.4) is 0 Å². The summed E-state index contributed by atoms with van der Waals surface area (Å²) in [7, 11) is -2.02. The monoisotopic (exact) mass is 478 g/mol. The van der Waals surface area contributed by atoms with Crippen LogP contribution in [0.1, 0.15) is 84.8 Å². The highest BCUT2D eigenvalue weighted by molar-refractivity contribution is 6.74. The molecule has 1 saturated heterocycles. The van der Waals surface area contributed by atoms with Crippen molar-refractivity contribution in [2.24, 2.45) is 22.7 Å². The molecular weight excluding hydrogens is 432 g/mol. The first-order valence-electron chi connectivity index (χ1n) is 13.0. The molecule has 1 aliphatic heterocycles. The molecule has 0 bridgehead atoms. The Labute approximate surface area is 201 Å². The van der Waals surface area contributed by atoms with Gasteiger partial charge in [0, 0.05) is 24.0 Å². The van der Waals surface area contributed by atoms with Gasteiger partial charge in [0.2, 0.25) is 0 Å². The number of aliphatic hydroxyl groups is 1. The summed E-state index contributed by atoms with van der Waals surface area (Å²) in [5.74, 6) is 0.174. The highest BCUT2D eigenvalue weighted by atomic mass is 28.4. The van der Waals surface area contributed by atoms with Crippen molar-refractivity contribution in [1.82, 2.24) is 0 Å². The van der Waals surface area contributed by atoms with Gasteiger partial charge in [-0.1, -0.05) is 34.6 Å². The van der Waals surface area contributed by atoms with E-state index in [-0.39, 0.29) is 34.5 Å². The third kappa shape index (κ3) is 4.18. The average molecular weight is 479 g/mol. The molecule has 1 aromatic rings. The van der Waals surface area contributed by atoms with E-state index in [1.54, 1.807) is 6.26 Å². The topological polar surface area (TPSA) is 61.1 Å². The zero-order valence-electron chi connectivity index (χ0n) is 21.9. The highest BCUT2D eigenvalue weighted by Gasteiger charge is 2.65. The Morgan fingerprint density at radius 3 is 2.42 bits per heavy atom. The third-order valence-corrected chi connectivity index (χ3v) is 14.6. The van der Waals surface area contributed by atoms with Crippen LogP contribution < -0.4 is 0 Å². The molecule has 0 amide bonds. The van der Waals surface area contributed by atoms with Gasteiger partial charge in [-0.25, -0.2) is 0 Å². The van der Waals surface area contributed by atoms with Crippen LogP contribution in [0.5, 0.6) is 0 Å². The minimum Gasteiger partial charge on any atom is -0.472 e. The van der Waals surface area contributed by atoms with Gasteiger partial charge in [-0.15, -0.1) is 0 Å². The zero-order chi connectivity index (χ0) is 24.1. The Morgan fingerprint density at radius 2 is 1.85 bits per heavy atom. The maximum absolute atomic E-state index is 10.5. The van der Waals surface area contributed by atoms with Gasteiger partial charge in [0.25, 0.3) is 0 Å². The summed E-state index contributed by atoms with van der Waals surface area (Å²) in [6.07, 6.45) is 9.70. The van der Waals surface area contributed by atoms with Crippen LogP contribution >= 0.6 is 0 Å². The fourth-order valence-corrected chi connectivity index (χ4v) is 8.36. The number of hydrogen-bond acceptors (Lipinski definition) is 5. The van der Waals surface area contributed by atoms with Crippen molar-refractivity contribution >= 4 is 8.32 Å². The summed E-state index contributed by atoms with van der Waals surface area (Å²) >= 11 is 0. The van der Waals surface area contributed by atoms with Crippen LogP contribution in [-0.4, -0.2) is 39.0 Å². The van der Waals surface area contributed by atoms with Crippen LogP contribution in [0, 0.1) is 22.7 Å². The van der Waals surface area contributed by atoms with Crippen LogP contribution in [0.15, 0.2) is 23.0 Å². The second-order valence-electron chi connectivity index (χ2n) is 12.9. The fourth-order valence-electron chi connectivity index (χ4n) is 7.07.